The van der Waals surface area contributed by atoms with Gasteiger partial charge in [-0.05, 0) is 68.7 Å². The second-order valence-electron chi connectivity index (χ2n) is 12.7. The summed E-state index contributed by atoms with van der Waals surface area (Å²) in [6.45, 7) is 8.68. The Morgan fingerprint density at radius 3 is 2.19 bits per heavy atom. The maximum atomic E-state index is 13.1. The highest BCUT2D eigenvalue weighted by Gasteiger charge is 2.48. The number of carbonyl (C=O) groups is 1. The van der Waals surface area contributed by atoms with Gasteiger partial charge in [0.25, 0.3) is 0 Å². The fourth-order valence-corrected chi connectivity index (χ4v) is 7.56. The van der Waals surface area contributed by atoms with Crippen molar-refractivity contribution in [3.63, 3.8) is 0 Å². The number of ether oxygens (including phenoxy) is 1. The van der Waals surface area contributed by atoms with Crippen LogP contribution >= 0.6 is 0 Å². The predicted molar refractivity (Wildman–Crippen MR) is 162 cm³/mol. The molecule has 9 heteroatoms. The zero-order chi connectivity index (χ0) is 28.8. The summed E-state index contributed by atoms with van der Waals surface area (Å²) in [5.74, 6) is 1.83. The molecule has 2 aromatic heterocycles. The topological polar surface area (TPSA) is 93.4 Å². The third-order valence-electron chi connectivity index (χ3n) is 9.79. The molecule has 0 radical (unpaired) electrons. The van der Waals surface area contributed by atoms with E-state index in [9.17, 15) is 4.79 Å². The van der Waals surface area contributed by atoms with E-state index in [2.05, 4.69) is 58.9 Å². The van der Waals surface area contributed by atoms with E-state index in [1.807, 2.05) is 19.3 Å². The van der Waals surface area contributed by atoms with E-state index in [0.29, 0.717) is 19.7 Å². The molecule has 1 saturated carbocycles. The van der Waals surface area contributed by atoms with Gasteiger partial charge in [-0.25, -0.2) is 9.97 Å². The number of imidazole rings is 2. The summed E-state index contributed by atoms with van der Waals surface area (Å²) < 4.78 is 5.58. The number of carbonyl (C=O) groups excluding carboxylic acids is 1. The molecule has 3 aromatic rings. The number of hydrogen-bond acceptors (Lipinski definition) is 7. The standard InChI is InChI=1S/C33H47N7O2/c1-2-42-32(41)29-20-33(12-18-39(19-13-33)28-6-4-3-5-7-28)25-40(29)22-27-10-8-26(9-11-27)21-38(23-30-34-14-15-35-30)24-31-36-16-17-37-31/h8-11,14-17,28-29H,2-7,12-13,18-25H2,1H3,(H,34,35)(H,36,37). The Morgan fingerprint density at radius 1 is 0.952 bits per heavy atom. The van der Waals surface area contributed by atoms with Crippen molar-refractivity contribution in [1.29, 1.82) is 0 Å². The summed E-state index contributed by atoms with van der Waals surface area (Å²) >= 11 is 0. The van der Waals surface area contributed by atoms with Crippen molar-refractivity contribution in [2.45, 2.75) is 96.6 Å². The number of benzene rings is 1. The van der Waals surface area contributed by atoms with Crippen LogP contribution in [0.4, 0.5) is 0 Å². The van der Waals surface area contributed by atoms with Gasteiger partial charge in [0.15, 0.2) is 0 Å². The first-order valence-corrected chi connectivity index (χ1v) is 16.0. The number of nitrogens with zero attached hydrogens (tertiary/aromatic N) is 5. The normalized spacial score (nSPS) is 21.8. The lowest BCUT2D eigenvalue weighted by atomic mass is 9.76. The van der Waals surface area contributed by atoms with Gasteiger partial charge in [-0.3, -0.25) is 14.6 Å². The van der Waals surface area contributed by atoms with E-state index in [1.54, 1.807) is 12.4 Å². The molecule has 6 rings (SSSR count). The van der Waals surface area contributed by atoms with Crippen molar-refractivity contribution < 1.29 is 9.53 Å². The molecule has 3 aliphatic rings. The summed E-state index contributed by atoms with van der Waals surface area (Å²) in [5, 5.41) is 0. The molecule has 0 amide bonds. The van der Waals surface area contributed by atoms with Crippen LogP contribution < -0.4 is 0 Å². The average molecular weight is 574 g/mol. The minimum Gasteiger partial charge on any atom is -0.465 e. The number of aromatic nitrogens is 4. The van der Waals surface area contributed by atoms with Crippen molar-refractivity contribution in [2.24, 2.45) is 5.41 Å². The van der Waals surface area contributed by atoms with Crippen molar-refractivity contribution in [3.8, 4) is 0 Å². The number of H-pyrrole nitrogens is 2. The van der Waals surface area contributed by atoms with Crippen LogP contribution in [-0.2, 0) is 35.7 Å². The third-order valence-corrected chi connectivity index (χ3v) is 9.79. The summed E-state index contributed by atoms with van der Waals surface area (Å²) in [7, 11) is 0. The molecule has 9 nitrogen and oxygen atoms in total. The zero-order valence-corrected chi connectivity index (χ0v) is 25.1. The van der Waals surface area contributed by atoms with Gasteiger partial charge < -0.3 is 19.6 Å². The van der Waals surface area contributed by atoms with Gasteiger partial charge in [0, 0.05) is 50.5 Å². The molecule has 42 heavy (non-hydrogen) atoms. The Balaban J connectivity index is 1.09. The number of hydrogen-bond donors (Lipinski definition) is 2. The monoisotopic (exact) mass is 573 g/mol. The van der Waals surface area contributed by atoms with E-state index < -0.39 is 0 Å². The molecular weight excluding hydrogens is 526 g/mol. The van der Waals surface area contributed by atoms with Crippen LogP contribution in [0.5, 0.6) is 0 Å². The highest BCUT2D eigenvalue weighted by molar-refractivity contribution is 5.76. The molecule has 226 valence electrons. The fraction of sp³-hybridized carbons (Fsp3) is 0.606. The number of piperidine rings is 1. The van der Waals surface area contributed by atoms with Crippen LogP contribution in [0.1, 0.15) is 81.1 Å². The van der Waals surface area contributed by atoms with Gasteiger partial charge in [0.05, 0.1) is 19.7 Å². The highest BCUT2D eigenvalue weighted by Crippen LogP contribution is 2.45. The molecular formula is C33H47N7O2. The number of aromatic amines is 2. The van der Waals surface area contributed by atoms with Gasteiger partial charge in [0.1, 0.15) is 17.7 Å². The van der Waals surface area contributed by atoms with E-state index in [0.717, 1.165) is 43.7 Å². The van der Waals surface area contributed by atoms with E-state index in [4.69, 9.17) is 4.74 Å². The van der Waals surface area contributed by atoms with Crippen molar-refractivity contribution >= 4 is 5.97 Å². The van der Waals surface area contributed by atoms with Crippen LogP contribution in [0, 0.1) is 5.41 Å². The van der Waals surface area contributed by atoms with Crippen LogP contribution in [0.3, 0.4) is 0 Å². The summed E-state index contributed by atoms with van der Waals surface area (Å²) in [4.78, 5) is 35.9. The maximum Gasteiger partial charge on any atom is 0.323 e. The van der Waals surface area contributed by atoms with Gasteiger partial charge in [0.2, 0.25) is 0 Å². The summed E-state index contributed by atoms with van der Waals surface area (Å²) in [6, 6.07) is 9.53. The van der Waals surface area contributed by atoms with Crippen LogP contribution in [0.2, 0.25) is 0 Å². The largest absolute Gasteiger partial charge is 0.465 e. The van der Waals surface area contributed by atoms with Gasteiger partial charge >= 0.3 is 5.97 Å². The minimum absolute atomic E-state index is 0.0489. The Bertz CT molecular complexity index is 1190. The number of likely N-dealkylation sites (tertiary alicyclic amines) is 2. The van der Waals surface area contributed by atoms with Gasteiger partial charge in [-0.2, -0.15) is 0 Å². The SMILES string of the molecule is CCOC(=O)C1CC2(CCN(C3CCCCC3)CC2)CN1Cc1ccc(CN(Cc2ncc[nH]2)Cc2ncc[nH]2)cc1. The molecule has 4 heterocycles. The van der Waals surface area contributed by atoms with Crippen molar-refractivity contribution in [2.75, 3.05) is 26.2 Å². The lowest BCUT2D eigenvalue weighted by Gasteiger charge is -2.43. The van der Waals surface area contributed by atoms with Gasteiger partial charge in [-0.15, -0.1) is 0 Å². The molecule has 2 saturated heterocycles. The quantitative estimate of drug-likeness (QED) is 0.316. The average Bonchev–Trinajstić information content (AvgIpc) is 3.78. The molecule has 1 aromatic carbocycles. The first-order valence-electron chi connectivity index (χ1n) is 16.0. The second kappa shape index (κ2) is 13.5. The molecule has 2 N–H and O–H groups in total. The zero-order valence-electron chi connectivity index (χ0n) is 25.1. The number of rotatable bonds is 11. The Labute approximate surface area is 250 Å². The van der Waals surface area contributed by atoms with Crippen molar-refractivity contribution in [3.05, 3.63) is 71.8 Å². The lowest BCUT2D eigenvalue weighted by Crippen LogP contribution is -2.46. The first kappa shape index (κ1) is 29.1. The first-order chi connectivity index (χ1) is 20.6. The van der Waals surface area contributed by atoms with Gasteiger partial charge in [-0.1, -0.05) is 43.5 Å². The fourth-order valence-electron chi connectivity index (χ4n) is 7.56. The highest BCUT2D eigenvalue weighted by atomic mass is 16.5. The van der Waals surface area contributed by atoms with Crippen molar-refractivity contribution in [1.82, 2.24) is 34.6 Å². The van der Waals surface area contributed by atoms with E-state index >= 15 is 0 Å². The lowest BCUT2D eigenvalue weighted by molar-refractivity contribution is -0.148. The minimum atomic E-state index is -0.150. The summed E-state index contributed by atoms with van der Waals surface area (Å²) in [6.07, 6.45) is 17.5. The van der Waals surface area contributed by atoms with E-state index in [-0.39, 0.29) is 17.4 Å². The Kier molecular flexibility index (Phi) is 9.37. The number of esters is 1. The summed E-state index contributed by atoms with van der Waals surface area (Å²) in [5.41, 5.74) is 2.71. The molecule has 1 unspecified atom stereocenters. The molecule has 1 aliphatic carbocycles. The molecule has 0 bridgehead atoms. The Morgan fingerprint density at radius 2 is 1.60 bits per heavy atom. The third kappa shape index (κ3) is 7.13. The van der Waals surface area contributed by atoms with Crippen LogP contribution in [0.25, 0.3) is 0 Å². The molecule has 3 fully saturated rings. The Hall–Kier alpha value is -3.01. The second-order valence-corrected chi connectivity index (χ2v) is 12.7. The van der Waals surface area contributed by atoms with Crippen LogP contribution in [0.15, 0.2) is 49.1 Å². The van der Waals surface area contributed by atoms with Crippen LogP contribution in [-0.4, -0.2) is 78.9 Å². The molecule has 1 spiro atoms. The smallest absolute Gasteiger partial charge is 0.323 e. The maximum absolute atomic E-state index is 13.1. The predicted octanol–water partition coefficient (Wildman–Crippen LogP) is 4.89. The number of nitrogens with one attached hydrogen (secondary N) is 2. The van der Waals surface area contributed by atoms with E-state index in [1.165, 1.54) is 69.2 Å². The molecule has 2 aliphatic heterocycles. The molecule has 1 atom stereocenters.